The third-order valence-electron chi connectivity index (χ3n) is 3.88. The number of carboxylic acids is 1. The number of rotatable bonds is 4. The van der Waals surface area contributed by atoms with Crippen molar-refractivity contribution in [1.29, 1.82) is 0 Å². The van der Waals surface area contributed by atoms with Gasteiger partial charge in [-0.2, -0.15) is 0 Å². The van der Waals surface area contributed by atoms with Crippen LogP contribution in [-0.4, -0.2) is 34.2 Å². The van der Waals surface area contributed by atoms with Crippen molar-refractivity contribution >= 4 is 17.5 Å². The normalized spacial score (nSPS) is 12.8. The summed E-state index contributed by atoms with van der Waals surface area (Å²) in [6.07, 6.45) is 1.39. The average molecular weight is 349 g/mol. The van der Waals surface area contributed by atoms with E-state index in [4.69, 9.17) is 14.6 Å². The Morgan fingerprint density at radius 1 is 1.08 bits per heavy atom. The monoisotopic (exact) mass is 349 g/mol. The molecule has 0 amide bonds. The van der Waals surface area contributed by atoms with Gasteiger partial charge in [-0.05, 0) is 36.4 Å². The van der Waals surface area contributed by atoms with Gasteiger partial charge in [0.15, 0.2) is 11.6 Å². The van der Waals surface area contributed by atoms with E-state index in [1.807, 2.05) is 59.5 Å². The van der Waals surface area contributed by atoms with E-state index < -0.39 is 5.97 Å². The van der Waals surface area contributed by atoms with E-state index in [0.29, 0.717) is 30.5 Å². The molecule has 2 aromatic carbocycles. The number of hydrogen-bond donors (Lipinski definition) is 1. The Morgan fingerprint density at radius 2 is 1.81 bits per heavy atom. The van der Waals surface area contributed by atoms with Crippen LogP contribution in [0.2, 0.25) is 0 Å². The summed E-state index contributed by atoms with van der Waals surface area (Å²) in [6.45, 7) is 1.02. The van der Waals surface area contributed by atoms with Crippen molar-refractivity contribution in [3.05, 3.63) is 66.6 Å². The standard InChI is InChI=1S/C19H15N3O4/c23-19(24)17-20-12-16-18(21-17)22(10-11-25-16)13-6-8-15(9-7-13)26-14-4-2-1-3-5-14/h1-9,12H,10-11H2,(H,23,24). The number of benzene rings is 2. The van der Waals surface area contributed by atoms with E-state index in [2.05, 4.69) is 9.97 Å². The van der Waals surface area contributed by atoms with Gasteiger partial charge in [-0.1, -0.05) is 18.2 Å². The molecule has 1 aliphatic rings. The number of carboxylic acid groups (broad SMARTS) is 1. The van der Waals surface area contributed by atoms with Crippen LogP contribution >= 0.6 is 0 Å². The third kappa shape index (κ3) is 3.14. The molecule has 1 N–H and O–H groups in total. The molecule has 1 aliphatic heterocycles. The molecule has 4 rings (SSSR count). The maximum atomic E-state index is 11.1. The van der Waals surface area contributed by atoms with E-state index in [0.717, 1.165) is 11.4 Å². The van der Waals surface area contributed by atoms with Crippen molar-refractivity contribution < 1.29 is 19.4 Å². The van der Waals surface area contributed by atoms with E-state index in [1.165, 1.54) is 6.20 Å². The molecule has 2 heterocycles. The van der Waals surface area contributed by atoms with Gasteiger partial charge in [-0.15, -0.1) is 0 Å². The average Bonchev–Trinajstić information content (AvgIpc) is 2.68. The number of aromatic nitrogens is 2. The summed E-state index contributed by atoms with van der Waals surface area (Å²) >= 11 is 0. The van der Waals surface area contributed by atoms with Crippen molar-refractivity contribution in [2.75, 3.05) is 18.1 Å². The van der Waals surface area contributed by atoms with Gasteiger partial charge >= 0.3 is 5.97 Å². The Balaban J connectivity index is 1.61. The topological polar surface area (TPSA) is 84.8 Å². The first-order chi connectivity index (χ1) is 12.7. The number of aromatic carboxylic acids is 1. The lowest BCUT2D eigenvalue weighted by atomic mass is 10.2. The molecular weight excluding hydrogens is 334 g/mol. The maximum Gasteiger partial charge on any atom is 0.374 e. The molecule has 0 unspecified atom stereocenters. The Labute approximate surface area is 149 Å². The van der Waals surface area contributed by atoms with Gasteiger partial charge < -0.3 is 19.5 Å². The van der Waals surface area contributed by atoms with Crippen LogP contribution in [0, 0.1) is 0 Å². The van der Waals surface area contributed by atoms with Crippen molar-refractivity contribution in [2.24, 2.45) is 0 Å². The number of ether oxygens (including phenoxy) is 2. The molecule has 26 heavy (non-hydrogen) atoms. The number of carbonyl (C=O) groups is 1. The molecule has 0 radical (unpaired) electrons. The van der Waals surface area contributed by atoms with Crippen LogP contribution in [0.25, 0.3) is 0 Å². The zero-order chi connectivity index (χ0) is 17.9. The molecule has 0 atom stereocenters. The SMILES string of the molecule is O=C(O)c1ncc2c(n1)N(c1ccc(Oc3ccccc3)cc1)CCO2. The Bertz CT molecular complexity index is 929. The van der Waals surface area contributed by atoms with Gasteiger partial charge in [0.25, 0.3) is 0 Å². The molecule has 0 aliphatic carbocycles. The summed E-state index contributed by atoms with van der Waals surface area (Å²) in [5.41, 5.74) is 0.866. The number of hydrogen-bond acceptors (Lipinski definition) is 6. The van der Waals surface area contributed by atoms with Gasteiger partial charge in [0.05, 0.1) is 12.7 Å². The lowest BCUT2D eigenvalue weighted by molar-refractivity contribution is 0.0683. The second kappa shape index (κ2) is 6.72. The van der Waals surface area contributed by atoms with Crippen molar-refractivity contribution in [3.8, 4) is 17.2 Å². The highest BCUT2D eigenvalue weighted by Gasteiger charge is 2.23. The minimum Gasteiger partial charge on any atom is -0.486 e. The Morgan fingerprint density at radius 3 is 2.54 bits per heavy atom. The minimum atomic E-state index is -1.18. The summed E-state index contributed by atoms with van der Waals surface area (Å²) < 4.78 is 11.3. The van der Waals surface area contributed by atoms with Gasteiger partial charge in [0.2, 0.25) is 5.82 Å². The highest BCUT2D eigenvalue weighted by Crippen LogP contribution is 2.35. The van der Waals surface area contributed by atoms with Crippen LogP contribution in [-0.2, 0) is 0 Å². The smallest absolute Gasteiger partial charge is 0.374 e. The fourth-order valence-electron chi connectivity index (χ4n) is 2.68. The third-order valence-corrected chi connectivity index (χ3v) is 3.88. The quantitative estimate of drug-likeness (QED) is 0.771. The van der Waals surface area contributed by atoms with Crippen LogP contribution in [0.5, 0.6) is 17.2 Å². The van der Waals surface area contributed by atoms with Gasteiger partial charge in [0, 0.05) is 5.69 Å². The highest BCUT2D eigenvalue weighted by molar-refractivity contribution is 5.84. The molecule has 0 saturated heterocycles. The van der Waals surface area contributed by atoms with Crippen LogP contribution in [0.3, 0.4) is 0 Å². The number of anilines is 2. The van der Waals surface area contributed by atoms with E-state index in [9.17, 15) is 4.79 Å². The van der Waals surface area contributed by atoms with E-state index in [-0.39, 0.29) is 5.82 Å². The predicted octanol–water partition coefficient (Wildman–Crippen LogP) is 3.50. The van der Waals surface area contributed by atoms with Crippen LogP contribution in [0.4, 0.5) is 11.5 Å². The number of nitrogens with zero attached hydrogens (tertiary/aromatic N) is 3. The van der Waals surface area contributed by atoms with E-state index in [1.54, 1.807) is 0 Å². The number of para-hydroxylation sites is 1. The second-order valence-corrected chi connectivity index (χ2v) is 5.60. The fraction of sp³-hybridized carbons (Fsp3) is 0.105. The van der Waals surface area contributed by atoms with Crippen molar-refractivity contribution in [1.82, 2.24) is 9.97 Å². The Kier molecular flexibility index (Phi) is 4.10. The molecular formula is C19H15N3O4. The minimum absolute atomic E-state index is 0.261. The van der Waals surface area contributed by atoms with Gasteiger partial charge in [-0.3, -0.25) is 0 Å². The molecule has 1 aromatic heterocycles. The summed E-state index contributed by atoms with van der Waals surface area (Å²) in [4.78, 5) is 21.0. The first-order valence-corrected chi connectivity index (χ1v) is 8.04. The lowest BCUT2D eigenvalue weighted by Crippen LogP contribution is -2.30. The molecule has 7 nitrogen and oxygen atoms in total. The predicted molar refractivity (Wildman–Crippen MR) is 94.5 cm³/mol. The van der Waals surface area contributed by atoms with Crippen molar-refractivity contribution in [3.63, 3.8) is 0 Å². The molecule has 0 bridgehead atoms. The zero-order valence-corrected chi connectivity index (χ0v) is 13.7. The molecule has 130 valence electrons. The first-order valence-electron chi connectivity index (χ1n) is 8.04. The Hall–Kier alpha value is -3.61. The zero-order valence-electron chi connectivity index (χ0n) is 13.7. The molecule has 0 saturated carbocycles. The summed E-state index contributed by atoms with van der Waals surface area (Å²) in [5.74, 6) is 0.942. The van der Waals surface area contributed by atoms with Gasteiger partial charge in [0.1, 0.15) is 18.1 Å². The van der Waals surface area contributed by atoms with Crippen molar-refractivity contribution in [2.45, 2.75) is 0 Å². The van der Waals surface area contributed by atoms with Gasteiger partial charge in [-0.25, -0.2) is 14.8 Å². The lowest BCUT2D eigenvalue weighted by Gasteiger charge is -2.29. The maximum absolute atomic E-state index is 11.1. The largest absolute Gasteiger partial charge is 0.486 e. The highest BCUT2D eigenvalue weighted by atomic mass is 16.5. The van der Waals surface area contributed by atoms with Crippen LogP contribution < -0.4 is 14.4 Å². The van der Waals surface area contributed by atoms with E-state index >= 15 is 0 Å². The molecule has 0 fully saturated rings. The molecule has 3 aromatic rings. The second-order valence-electron chi connectivity index (χ2n) is 5.60. The molecule has 7 heteroatoms. The fourth-order valence-corrected chi connectivity index (χ4v) is 2.68. The van der Waals surface area contributed by atoms with Crippen LogP contribution in [0.15, 0.2) is 60.8 Å². The summed E-state index contributed by atoms with van der Waals surface area (Å²) in [6, 6.07) is 17.0. The number of fused-ring (bicyclic) bond motifs is 1. The van der Waals surface area contributed by atoms with Crippen LogP contribution in [0.1, 0.15) is 10.6 Å². The summed E-state index contributed by atoms with van der Waals surface area (Å²) in [7, 11) is 0. The first kappa shape index (κ1) is 15.9. The molecule has 0 spiro atoms. The summed E-state index contributed by atoms with van der Waals surface area (Å²) in [5, 5.41) is 9.12.